The Kier molecular flexibility index (Phi) is 4.80. The van der Waals surface area contributed by atoms with E-state index in [4.69, 9.17) is 16.6 Å². The summed E-state index contributed by atoms with van der Waals surface area (Å²) in [5.41, 5.74) is -0.0769. The van der Waals surface area contributed by atoms with E-state index in [2.05, 4.69) is 57.9 Å². The van der Waals surface area contributed by atoms with Crippen molar-refractivity contribution in [1.82, 2.24) is 14.8 Å². The second-order valence-corrected chi connectivity index (χ2v) is 12.4. The van der Waals surface area contributed by atoms with E-state index in [1.54, 1.807) is 6.33 Å². The summed E-state index contributed by atoms with van der Waals surface area (Å²) in [4.78, 5) is 0. The van der Waals surface area contributed by atoms with E-state index < -0.39 is 8.32 Å². The molecule has 19 heavy (non-hydrogen) atoms. The van der Waals surface area contributed by atoms with Gasteiger partial charge in [0.05, 0.1) is 0 Å². The van der Waals surface area contributed by atoms with E-state index in [9.17, 15) is 0 Å². The van der Waals surface area contributed by atoms with Crippen molar-refractivity contribution >= 4 is 20.5 Å². The number of aromatic nitrogens is 3. The van der Waals surface area contributed by atoms with Crippen molar-refractivity contribution in [3.63, 3.8) is 0 Å². The number of hydrogen-bond acceptors (Lipinski definition) is 3. The molecule has 0 aliphatic heterocycles. The molecule has 0 saturated carbocycles. The molecule has 0 aliphatic rings. The Labute approximate surface area is 122 Å². The minimum atomic E-state index is -1.66. The van der Waals surface area contributed by atoms with Crippen LogP contribution >= 0.6 is 12.2 Å². The monoisotopic (exact) mass is 301 g/mol. The van der Waals surface area contributed by atoms with Crippen LogP contribution in [-0.4, -0.2) is 29.7 Å². The molecule has 0 atom stereocenters. The van der Waals surface area contributed by atoms with Crippen LogP contribution in [0.5, 0.6) is 0 Å². The van der Waals surface area contributed by atoms with Gasteiger partial charge < -0.3 is 8.99 Å². The summed E-state index contributed by atoms with van der Waals surface area (Å²) in [6.07, 6.45) is 2.68. The van der Waals surface area contributed by atoms with Crippen LogP contribution in [-0.2, 0) is 9.96 Å². The highest BCUT2D eigenvalue weighted by Crippen LogP contribution is 2.37. The largest absolute Gasteiger partial charge is 0.417 e. The van der Waals surface area contributed by atoms with Crippen LogP contribution in [0.1, 0.15) is 41.0 Å². The van der Waals surface area contributed by atoms with Crippen LogP contribution in [0.2, 0.25) is 18.1 Å². The third-order valence-corrected chi connectivity index (χ3v) is 9.01. The first kappa shape index (κ1) is 16.6. The molecule has 0 bridgehead atoms. The van der Waals surface area contributed by atoms with Crippen LogP contribution in [0.4, 0.5) is 0 Å². The fourth-order valence-electron chi connectivity index (χ4n) is 1.57. The smallest absolute Gasteiger partial charge is 0.195 e. The lowest BCUT2D eigenvalue weighted by atomic mass is 10.0. The Morgan fingerprint density at radius 3 is 2.32 bits per heavy atom. The van der Waals surface area contributed by atoms with Gasteiger partial charge in [0.1, 0.15) is 6.33 Å². The Bertz CT molecular complexity index is 471. The Morgan fingerprint density at radius 1 is 1.32 bits per heavy atom. The number of rotatable bonds is 5. The maximum absolute atomic E-state index is 6.23. The molecule has 0 amide bonds. The Balaban J connectivity index is 2.63. The maximum Gasteiger partial charge on any atom is 0.195 e. The topological polar surface area (TPSA) is 42.8 Å². The van der Waals surface area contributed by atoms with Crippen LogP contribution in [0.25, 0.3) is 0 Å². The molecule has 1 aromatic rings. The number of aromatic amines is 1. The number of nitrogens with zero attached hydrogens (tertiary/aromatic N) is 2. The van der Waals surface area contributed by atoms with Gasteiger partial charge in [0.25, 0.3) is 0 Å². The third-order valence-electron chi connectivity index (χ3n) is 4.19. The standard InChI is InChI=1S/C13H27N3OSSi/c1-12(2,3)19(6,7)17-9-8-13(4,5)16-10-14-15-11(16)18/h10H,8-9H2,1-7H3,(H,15,18). The van der Waals surface area contributed by atoms with Crippen LogP contribution in [0.15, 0.2) is 6.33 Å². The van der Waals surface area contributed by atoms with Crippen molar-refractivity contribution in [2.24, 2.45) is 0 Å². The molecule has 110 valence electrons. The first-order valence-corrected chi connectivity index (χ1v) is 10.1. The van der Waals surface area contributed by atoms with E-state index in [-0.39, 0.29) is 10.6 Å². The molecule has 0 saturated heterocycles. The summed E-state index contributed by atoms with van der Waals surface area (Å²) in [5.74, 6) is 0. The number of hydrogen-bond donors (Lipinski definition) is 1. The lowest BCUT2D eigenvalue weighted by molar-refractivity contribution is 0.213. The van der Waals surface area contributed by atoms with Gasteiger partial charge in [0, 0.05) is 12.1 Å². The number of H-pyrrole nitrogens is 1. The van der Waals surface area contributed by atoms with Crippen LogP contribution in [0.3, 0.4) is 0 Å². The molecule has 0 radical (unpaired) electrons. The molecule has 6 heteroatoms. The highest BCUT2D eigenvalue weighted by Gasteiger charge is 2.37. The minimum Gasteiger partial charge on any atom is -0.417 e. The van der Waals surface area contributed by atoms with Gasteiger partial charge in [-0.3, -0.25) is 5.10 Å². The van der Waals surface area contributed by atoms with Crippen LogP contribution in [0, 0.1) is 4.77 Å². The zero-order valence-corrected chi connectivity index (χ0v) is 15.0. The van der Waals surface area contributed by atoms with Gasteiger partial charge in [0.2, 0.25) is 0 Å². The second kappa shape index (κ2) is 5.50. The van der Waals surface area contributed by atoms with Gasteiger partial charge in [-0.2, -0.15) is 5.10 Å². The van der Waals surface area contributed by atoms with Gasteiger partial charge >= 0.3 is 0 Å². The normalized spacial score (nSPS) is 13.8. The van der Waals surface area contributed by atoms with Gasteiger partial charge in [0.15, 0.2) is 13.1 Å². The van der Waals surface area contributed by atoms with Crippen molar-refractivity contribution in [2.75, 3.05) is 6.61 Å². The molecular weight excluding hydrogens is 274 g/mol. The van der Waals surface area contributed by atoms with Gasteiger partial charge in [-0.05, 0) is 50.6 Å². The highest BCUT2D eigenvalue weighted by atomic mass is 32.1. The first-order valence-electron chi connectivity index (χ1n) is 6.74. The van der Waals surface area contributed by atoms with Gasteiger partial charge in [-0.15, -0.1) is 0 Å². The third kappa shape index (κ3) is 4.00. The predicted molar refractivity (Wildman–Crippen MR) is 84.5 cm³/mol. The van der Waals surface area contributed by atoms with E-state index in [1.165, 1.54) is 0 Å². The van der Waals surface area contributed by atoms with E-state index in [1.807, 2.05) is 4.57 Å². The summed E-state index contributed by atoms with van der Waals surface area (Å²) in [6, 6.07) is 0. The Hall–Kier alpha value is -0.463. The van der Waals surface area contributed by atoms with Crippen LogP contribution < -0.4 is 0 Å². The molecule has 0 spiro atoms. The molecule has 1 heterocycles. The molecule has 0 unspecified atom stereocenters. The quantitative estimate of drug-likeness (QED) is 0.658. The van der Waals surface area contributed by atoms with Crippen molar-refractivity contribution in [1.29, 1.82) is 0 Å². The maximum atomic E-state index is 6.23. The van der Waals surface area contributed by atoms with Crippen molar-refractivity contribution < 1.29 is 4.43 Å². The zero-order chi connectivity index (χ0) is 14.9. The van der Waals surface area contributed by atoms with Crippen molar-refractivity contribution in [3.8, 4) is 0 Å². The Morgan fingerprint density at radius 2 is 1.89 bits per heavy atom. The molecule has 4 nitrogen and oxygen atoms in total. The molecular formula is C13H27N3OSSi. The molecule has 1 N–H and O–H groups in total. The highest BCUT2D eigenvalue weighted by molar-refractivity contribution is 7.71. The zero-order valence-electron chi connectivity index (χ0n) is 13.2. The fraction of sp³-hybridized carbons (Fsp3) is 0.846. The van der Waals surface area contributed by atoms with Crippen molar-refractivity contribution in [3.05, 3.63) is 11.1 Å². The fourth-order valence-corrected chi connectivity index (χ4v) is 2.96. The summed E-state index contributed by atoms with van der Waals surface area (Å²) >= 11 is 5.23. The molecule has 0 aliphatic carbocycles. The predicted octanol–water partition coefficient (Wildman–Crippen LogP) is 4.09. The summed E-state index contributed by atoms with van der Waals surface area (Å²) in [6.45, 7) is 16.4. The first-order chi connectivity index (χ1) is 8.47. The average molecular weight is 302 g/mol. The number of nitrogens with one attached hydrogen (secondary N) is 1. The molecule has 0 fully saturated rings. The summed E-state index contributed by atoms with van der Waals surface area (Å²) < 4.78 is 8.89. The van der Waals surface area contributed by atoms with Gasteiger partial charge in [-0.25, -0.2) is 0 Å². The average Bonchev–Trinajstić information content (AvgIpc) is 2.62. The molecule has 1 rings (SSSR count). The molecule has 1 aromatic heterocycles. The second-order valence-electron chi connectivity index (χ2n) is 7.20. The van der Waals surface area contributed by atoms with E-state index >= 15 is 0 Å². The minimum absolute atomic E-state index is 0.0769. The lowest BCUT2D eigenvalue weighted by Gasteiger charge is -2.37. The van der Waals surface area contributed by atoms with Gasteiger partial charge in [-0.1, -0.05) is 20.8 Å². The summed E-state index contributed by atoms with van der Waals surface area (Å²) in [5, 5.41) is 7.04. The van der Waals surface area contributed by atoms with E-state index in [0.29, 0.717) is 4.77 Å². The molecule has 0 aromatic carbocycles. The summed E-state index contributed by atoms with van der Waals surface area (Å²) in [7, 11) is -1.66. The SMILES string of the molecule is CC(C)(CCO[Si](C)(C)C(C)(C)C)n1cn[nH]c1=S. The van der Waals surface area contributed by atoms with E-state index in [0.717, 1.165) is 13.0 Å². The lowest BCUT2D eigenvalue weighted by Crippen LogP contribution is -2.42. The van der Waals surface area contributed by atoms with Crippen molar-refractivity contribution in [2.45, 2.75) is 64.7 Å².